The lowest BCUT2D eigenvalue weighted by Gasteiger charge is -2.06. The van der Waals surface area contributed by atoms with E-state index in [2.05, 4.69) is 11.3 Å². The first-order chi connectivity index (χ1) is 5.93. The van der Waals surface area contributed by atoms with Gasteiger partial charge in [-0.15, -0.1) is 10.1 Å². The first-order valence-electron chi connectivity index (χ1n) is 3.21. The van der Waals surface area contributed by atoms with Gasteiger partial charge in [0.1, 0.15) is 6.10 Å². The normalized spacial score (nSPS) is 10.3. The Bertz CT molecular complexity index is 176. The van der Waals surface area contributed by atoms with Crippen LogP contribution in [0.1, 0.15) is 6.92 Å². The van der Waals surface area contributed by atoms with Crippen LogP contribution in [0.2, 0.25) is 0 Å². The molecule has 0 amide bonds. The molecule has 1 atom stereocenters. The molecule has 0 rings (SSSR count). The summed E-state index contributed by atoms with van der Waals surface area (Å²) in [6.07, 6.45) is 0.627. The molecule has 0 aliphatic carbocycles. The van der Waals surface area contributed by atoms with Gasteiger partial charge in [-0.25, -0.2) is 4.79 Å². The molecule has 0 saturated carbocycles. The number of aliphatic hydroxyl groups excluding tert-OH is 1. The van der Waals surface area contributed by atoms with E-state index in [4.69, 9.17) is 20.4 Å². The third kappa shape index (κ3) is 17.9. The van der Waals surface area contributed by atoms with Gasteiger partial charge in [-0.2, -0.15) is 0 Å². The summed E-state index contributed by atoms with van der Waals surface area (Å²) in [6.45, 7) is 4.64. The van der Waals surface area contributed by atoms with Crippen molar-refractivity contribution < 1.29 is 24.9 Å². The number of aliphatic hydroxyl groups is 1. The van der Waals surface area contributed by atoms with Crippen LogP contribution >= 0.6 is 0 Å². The summed E-state index contributed by atoms with van der Waals surface area (Å²) in [7, 11) is 0. The van der Waals surface area contributed by atoms with E-state index in [1.807, 2.05) is 0 Å². The molecule has 0 spiro atoms. The van der Waals surface area contributed by atoms with Crippen LogP contribution in [-0.4, -0.2) is 34.1 Å². The van der Waals surface area contributed by atoms with E-state index < -0.39 is 17.2 Å². The Balaban J connectivity index is 0. The molecule has 0 radical (unpaired) electrons. The zero-order valence-corrected chi connectivity index (χ0v) is 7.04. The van der Waals surface area contributed by atoms with Crippen molar-refractivity contribution in [3.05, 3.63) is 22.8 Å². The van der Waals surface area contributed by atoms with E-state index in [1.54, 1.807) is 6.92 Å². The van der Waals surface area contributed by atoms with Gasteiger partial charge in [-0.05, 0) is 6.92 Å². The number of carbonyl (C=O) groups excluding carboxylic acids is 1. The van der Waals surface area contributed by atoms with Crippen LogP contribution in [0.5, 0.6) is 0 Å². The van der Waals surface area contributed by atoms with Crippen LogP contribution in [0.4, 0.5) is 0 Å². The Hall–Kier alpha value is -1.63. The summed E-state index contributed by atoms with van der Waals surface area (Å²) in [4.78, 5) is 18.7. The molecule has 0 aromatic carbocycles. The van der Waals surface area contributed by atoms with Gasteiger partial charge in [0, 0.05) is 6.08 Å². The quantitative estimate of drug-likeness (QED) is 0.277. The van der Waals surface area contributed by atoms with Gasteiger partial charge >= 0.3 is 5.97 Å². The number of carbonyl (C=O) groups is 1. The third-order valence-corrected chi connectivity index (χ3v) is 0.741. The molecule has 0 aromatic heterocycles. The molecule has 0 bridgehead atoms. The Morgan fingerprint density at radius 3 is 2.46 bits per heavy atom. The highest BCUT2D eigenvalue weighted by Gasteiger charge is 2.02. The maximum absolute atomic E-state index is 10.3. The molecule has 0 aliphatic rings. The van der Waals surface area contributed by atoms with Gasteiger partial charge in [0.25, 0.3) is 5.09 Å². The largest absolute Gasteiger partial charge is 0.457 e. The van der Waals surface area contributed by atoms with Crippen molar-refractivity contribution in [3.63, 3.8) is 0 Å². The van der Waals surface area contributed by atoms with Crippen LogP contribution in [0, 0.1) is 10.1 Å². The lowest BCUT2D eigenvalue weighted by atomic mass is 10.4. The van der Waals surface area contributed by atoms with Gasteiger partial charge in [-0.3, -0.25) is 0 Å². The van der Waals surface area contributed by atoms with Crippen molar-refractivity contribution >= 4 is 5.97 Å². The average molecular weight is 193 g/mol. The highest BCUT2D eigenvalue weighted by molar-refractivity contribution is 5.81. The van der Waals surface area contributed by atoms with Gasteiger partial charge in [-0.1, -0.05) is 6.58 Å². The predicted molar refractivity (Wildman–Crippen MR) is 41.6 cm³/mol. The molecular weight excluding hydrogens is 182 g/mol. The van der Waals surface area contributed by atoms with Crippen LogP contribution in [0.15, 0.2) is 12.7 Å². The van der Waals surface area contributed by atoms with Crippen molar-refractivity contribution in [2.75, 3.05) is 6.61 Å². The topological polar surface area (TPSA) is 110 Å². The predicted octanol–water partition coefficient (Wildman–Crippen LogP) is -0.251. The average Bonchev–Trinajstić information content (AvgIpc) is 2.03. The second-order valence-corrected chi connectivity index (χ2v) is 1.87. The smallest absolute Gasteiger partial charge is 0.330 e. The van der Waals surface area contributed by atoms with E-state index in [0.29, 0.717) is 0 Å². The fraction of sp³-hybridized carbons (Fsp3) is 0.500. The summed E-state index contributed by atoms with van der Waals surface area (Å²) in [5, 5.41) is 22.0. The van der Waals surface area contributed by atoms with Crippen LogP contribution < -0.4 is 0 Å². The monoisotopic (exact) mass is 193 g/mol. The van der Waals surface area contributed by atoms with Crippen LogP contribution in [0.3, 0.4) is 0 Å². The number of hydrogen-bond donors (Lipinski definition) is 2. The van der Waals surface area contributed by atoms with Gasteiger partial charge in [0.15, 0.2) is 0 Å². The van der Waals surface area contributed by atoms with Crippen LogP contribution in [-0.2, 0) is 9.53 Å². The number of rotatable bonds is 3. The molecule has 1 unspecified atom stereocenters. The van der Waals surface area contributed by atoms with Crippen molar-refractivity contribution in [2.24, 2.45) is 0 Å². The highest BCUT2D eigenvalue weighted by Crippen LogP contribution is 1.88. The van der Waals surface area contributed by atoms with E-state index in [1.165, 1.54) is 0 Å². The molecule has 0 aromatic rings. The molecule has 7 heteroatoms. The SMILES string of the molecule is C=CC(=O)OC(C)CO.O=[N+]([O-])O. The lowest BCUT2D eigenvalue weighted by Crippen LogP contribution is -2.16. The minimum atomic E-state index is -1.50. The number of hydrogen-bond acceptors (Lipinski definition) is 5. The molecule has 0 aliphatic heterocycles. The summed E-state index contributed by atoms with van der Waals surface area (Å²) in [5.74, 6) is -0.503. The first kappa shape index (κ1) is 13.9. The first-order valence-corrected chi connectivity index (χ1v) is 3.21. The molecule has 0 fully saturated rings. The Labute approximate surface area is 74.4 Å². The zero-order valence-electron chi connectivity index (χ0n) is 7.04. The standard InChI is InChI=1S/C6H10O3.HNO3/c1-3-6(8)9-5(2)4-7;2-1(3)4/h3,5,7H,1,4H2,2H3;(H,2,3,4). The van der Waals surface area contributed by atoms with Gasteiger partial charge in [0.2, 0.25) is 0 Å². The van der Waals surface area contributed by atoms with Crippen LogP contribution in [0.25, 0.3) is 0 Å². The second-order valence-electron chi connectivity index (χ2n) is 1.87. The third-order valence-electron chi connectivity index (χ3n) is 0.741. The highest BCUT2D eigenvalue weighted by atomic mass is 16.9. The summed E-state index contributed by atoms with van der Waals surface area (Å²) >= 11 is 0. The summed E-state index contributed by atoms with van der Waals surface area (Å²) < 4.78 is 4.54. The van der Waals surface area contributed by atoms with E-state index in [0.717, 1.165) is 6.08 Å². The van der Waals surface area contributed by atoms with E-state index in [9.17, 15) is 4.79 Å². The molecule has 76 valence electrons. The number of ether oxygens (including phenoxy) is 1. The summed E-state index contributed by atoms with van der Waals surface area (Å²) in [6, 6.07) is 0. The molecule has 7 nitrogen and oxygen atoms in total. The lowest BCUT2D eigenvalue weighted by molar-refractivity contribution is -0.742. The van der Waals surface area contributed by atoms with E-state index in [-0.39, 0.29) is 6.61 Å². The maximum Gasteiger partial charge on any atom is 0.330 e. The van der Waals surface area contributed by atoms with Crippen molar-refractivity contribution in [1.29, 1.82) is 0 Å². The van der Waals surface area contributed by atoms with E-state index >= 15 is 0 Å². The Kier molecular flexibility index (Phi) is 9.07. The molecule has 2 N–H and O–H groups in total. The minimum Gasteiger partial charge on any atom is -0.457 e. The zero-order chi connectivity index (χ0) is 10.9. The fourth-order valence-electron chi connectivity index (χ4n) is 0.284. The Morgan fingerprint density at radius 1 is 1.85 bits per heavy atom. The second kappa shape index (κ2) is 8.47. The Morgan fingerprint density at radius 2 is 2.23 bits per heavy atom. The van der Waals surface area contributed by atoms with Gasteiger partial charge < -0.3 is 15.1 Å². The molecule has 0 saturated heterocycles. The maximum atomic E-state index is 10.3. The van der Waals surface area contributed by atoms with Crippen molar-refractivity contribution in [1.82, 2.24) is 0 Å². The van der Waals surface area contributed by atoms with Crippen molar-refractivity contribution in [2.45, 2.75) is 13.0 Å². The minimum absolute atomic E-state index is 0.153. The van der Waals surface area contributed by atoms with Crippen molar-refractivity contribution in [3.8, 4) is 0 Å². The summed E-state index contributed by atoms with van der Waals surface area (Å²) in [5.41, 5.74) is 0. The number of esters is 1. The molecular formula is C6H11NO6. The van der Waals surface area contributed by atoms with Gasteiger partial charge in [0.05, 0.1) is 6.61 Å². The fourth-order valence-corrected chi connectivity index (χ4v) is 0.284. The molecule has 13 heavy (non-hydrogen) atoms. The number of nitrogens with zero attached hydrogens (tertiary/aromatic N) is 1. The molecule has 0 heterocycles.